The molecule has 0 fully saturated rings. The highest BCUT2D eigenvalue weighted by atomic mass is 127. The maximum absolute atomic E-state index is 5.12. The van der Waals surface area contributed by atoms with Gasteiger partial charge in [-0.1, -0.05) is 33.2 Å². The van der Waals surface area contributed by atoms with Gasteiger partial charge in [-0.15, -0.1) is 0 Å². The molecule has 0 saturated heterocycles. The van der Waals surface area contributed by atoms with Crippen LogP contribution in [0.4, 0.5) is 0 Å². The van der Waals surface area contributed by atoms with Gasteiger partial charge < -0.3 is 4.74 Å². The van der Waals surface area contributed by atoms with Crippen LogP contribution in [-0.2, 0) is 0 Å². The predicted molar refractivity (Wildman–Crippen MR) is 68.5 cm³/mol. The summed E-state index contributed by atoms with van der Waals surface area (Å²) in [5.41, 5.74) is 1.18. The number of rotatable bonds is 4. The van der Waals surface area contributed by atoms with E-state index in [1.54, 1.807) is 16.0 Å². The summed E-state index contributed by atoms with van der Waals surface area (Å²) in [6.45, 7) is 0. The van der Waals surface area contributed by atoms with E-state index in [-0.39, 0.29) is 0 Å². The molecule has 0 bridgehead atoms. The molecule has 0 aliphatic carbocycles. The second-order valence-electron chi connectivity index (χ2n) is 2.45. The van der Waals surface area contributed by atoms with Crippen LogP contribution in [0.15, 0.2) is 30.3 Å². The molecule has 0 atom stereocenters. The van der Waals surface area contributed by atoms with E-state index in [9.17, 15) is 0 Å². The highest BCUT2D eigenvalue weighted by Crippen LogP contribution is 2.15. The van der Waals surface area contributed by atoms with Gasteiger partial charge in [0.15, 0.2) is 0 Å². The lowest BCUT2D eigenvalue weighted by Gasteiger charge is -1.99. The van der Waals surface area contributed by atoms with Crippen molar-refractivity contribution in [3.8, 4) is 5.75 Å². The maximum Gasteiger partial charge on any atom is 0.119 e. The van der Waals surface area contributed by atoms with Gasteiger partial charge in [0.25, 0.3) is 0 Å². The smallest absolute Gasteiger partial charge is 0.119 e. The van der Waals surface area contributed by atoms with Crippen LogP contribution in [0.25, 0.3) is 6.08 Å². The van der Waals surface area contributed by atoms with Crippen molar-refractivity contribution in [2.24, 2.45) is 0 Å². The second-order valence-corrected chi connectivity index (χ2v) is 4.87. The van der Waals surface area contributed by atoms with Crippen molar-refractivity contribution < 1.29 is 4.74 Å². The lowest BCUT2D eigenvalue weighted by Crippen LogP contribution is -1.82. The Labute approximate surface area is 95.1 Å². The van der Waals surface area contributed by atoms with E-state index < -0.39 is 0 Å². The van der Waals surface area contributed by atoms with Crippen LogP contribution in [0.2, 0.25) is 0 Å². The minimum Gasteiger partial charge on any atom is -0.497 e. The first-order valence-corrected chi connectivity index (χ1v) is 7.44. The molecule has 0 N–H and O–H groups in total. The van der Waals surface area contributed by atoms with Gasteiger partial charge in [-0.05, 0) is 38.9 Å². The zero-order chi connectivity index (χ0) is 9.52. The average Bonchev–Trinajstić information content (AvgIpc) is 2.19. The van der Waals surface area contributed by atoms with Crippen molar-refractivity contribution in [1.82, 2.24) is 0 Å². The number of hydrogen-bond donors (Lipinski definition) is 0. The van der Waals surface area contributed by atoms with Crippen molar-refractivity contribution in [2.45, 2.75) is 0 Å². The molecular weight excluding hydrogens is 295 g/mol. The molecule has 0 unspecified atom stereocenters. The third-order valence-corrected chi connectivity index (χ3v) is 2.96. The number of methoxy groups -OCH3 is 1. The molecule has 0 heterocycles. The minimum absolute atomic E-state index is 0.907. The lowest BCUT2D eigenvalue weighted by molar-refractivity contribution is 0.414. The van der Waals surface area contributed by atoms with Gasteiger partial charge in [-0.25, -0.2) is 0 Å². The third kappa shape index (κ3) is 4.04. The summed E-state index contributed by atoms with van der Waals surface area (Å²) in [7, 11) is 3.47. The molecule has 0 aliphatic heterocycles. The van der Waals surface area contributed by atoms with Gasteiger partial charge in [0, 0.05) is 5.75 Å². The summed E-state index contributed by atoms with van der Waals surface area (Å²) < 4.78 is 5.12. The van der Waals surface area contributed by atoms with Crippen molar-refractivity contribution >= 4 is 36.2 Å². The van der Waals surface area contributed by atoms with E-state index in [4.69, 9.17) is 4.74 Å². The molecule has 1 aromatic rings. The lowest BCUT2D eigenvalue weighted by atomic mass is 10.2. The van der Waals surface area contributed by atoms with Gasteiger partial charge in [-0.3, -0.25) is 0 Å². The topological polar surface area (TPSA) is 9.23 Å². The molecule has 0 radical (unpaired) electrons. The van der Waals surface area contributed by atoms with Crippen molar-refractivity contribution in [2.75, 3.05) is 12.9 Å². The molecular formula is C10H11IOS. The van der Waals surface area contributed by atoms with Crippen LogP contribution in [0.5, 0.6) is 5.75 Å². The maximum atomic E-state index is 5.12. The molecule has 0 spiro atoms. The van der Waals surface area contributed by atoms with Crippen LogP contribution in [0.1, 0.15) is 5.56 Å². The summed E-state index contributed by atoms with van der Waals surface area (Å²) in [5, 5.41) is 0. The average molecular weight is 306 g/mol. The Morgan fingerprint density at radius 1 is 1.54 bits per heavy atom. The molecule has 0 saturated carbocycles. The van der Waals surface area contributed by atoms with E-state index in [2.05, 4.69) is 39.4 Å². The first-order valence-electron chi connectivity index (χ1n) is 3.91. The monoisotopic (exact) mass is 306 g/mol. The van der Waals surface area contributed by atoms with Crippen LogP contribution < -0.4 is 4.74 Å². The molecule has 70 valence electrons. The van der Waals surface area contributed by atoms with Crippen LogP contribution >= 0.6 is 30.1 Å². The number of benzene rings is 1. The molecule has 1 aromatic carbocycles. The van der Waals surface area contributed by atoms with E-state index in [1.165, 1.54) is 5.56 Å². The quantitative estimate of drug-likeness (QED) is 0.783. The molecule has 0 aromatic heterocycles. The highest BCUT2D eigenvalue weighted by Gasteiger charge is 1.90. The Hall–Kier alpha value is -0.160. The SMILES string of the molecule is COc1cccc(/C=C/CSI)c1. The third-order valence-electron chi connectivity index (χ3n) is 1.56. The first-order chi connectivity index (χ1) is 6.36. The fourth-order valence-corrected chi connectivity index (χ4v) is 1.76. The minimum atomic E-state index is 0.907. The zero-order valence-electron chi connectivity index (χ0n) is 7.37. The van der Waals surface area contributed by atoms with E-state index in [0.717, 1.165) is 11.5 Å². The Kier molecular flexibility index (Phi) is 5.31. The zero-order valence-corrected chi connectivity index (χ0v) is 10.3. The van der Waals surface area contributed by atoms with Crippen LogP contribution in [0, 0.1) is 0 Å². The van der Waals surface area contributed by atoms with Crippen molar-refractivity contribution in [3.05, 3.63) is 35.9 Å². The number of halogens is 1. The number of ether oxygens (including phenoxy) is 1. The first kappa shape index (κ1) is 10.9. The molecule has 1 rings (SSSR count). The Balaban J connectivity index is 2.66. The van der Waals surface area contributed by atoms with Gasteiger partial charge in [0.05, 0.1) is 7.11 Å². The largest absolute Gasteiger partial charge is 0.497 e. The van der Waals surface area contributed by atoms with Gasteiger partial charge >= 0.3 is 0 Å². The fourth-order valence-electron chi connectivity index (χ4n) is 0.966. The van der Waals surface area contributed by atoms with E-state index in [1.807, 2.05) is 18.2 Å². The van der Waals surface area contributed by atoms with Crippen molar-refractivity contribution in [3.63, 3.8) is 0 Å². The van der Waals surface area contributed by atoms with E-state index >= 15 is 0 Å². The van der Waals surface area contributed by atoms with Crippen LogP contribution in [-0.4, -0.2) is 12.9 Å². The van der Waals surface area contributed by atoms with E-state index in [0.29, 0.717) is 0 Å². The van der Waals surface area contributed by atoms with Gasteiger partial charge in [0.2, 0.25) is 0 Å². The standard InChI is InChI=1S/C10H11IOS/c1-12-10-6-2-4-9(8-10)5-3-7-13-11/h2-6,8H,7H2,1H3/b5-3+. The second kappa shape index (κ2) is 6.32. The van der Waals surface area contributed by atoms with Gasteiger partial charge in [0.1, 0.15) is 5.75 Å². The number of hydrogen-bond acceptors (Lipinski definition) is 2. The molecule has 3 heteroatoms. The Bertz CT molecular complexity index is 286. The van der Waals surface area contributed by atoms with Crippen LogP contribution in [0.3, 0.4) is 0 Å². The predicted octanol–water partition coefficient (Wildman–Crippen LogP) is 3.79. The molecule has 1 nitrogen and oxygen atoms in total. The summed E-state index contributed by atoms with van der Waals surface area (Å²) in [5.74, 6) is 1.95. The summed E-state index contributed by atoms with van der Waals surface area (Å²) in [6, 6.07) is 8.03. The molecule has 13 heavy (non-hydrogen) atoms. The summed E-state index contributed by atoms with van der Waals surface area (Å²) in [4.78, 5) is 0. The molecule has 0 amide bonds. The Morgan fingerprint density at radius 3 is 3.08 bits per heavy atom. The highest BCUT2D eigenvalue weighted by molar-refractivity contribution is 14.2. The van der Waals surface area contributed by atoms with Crippen molar-refractivity contribution in [1.29, 1.82) is 0 Å². The molecule has 0 aliphatic rings. The summed E-state index contributed by atoms with van der Waals surface area (Å²) in [6.07, 6.45) is 4.25. The normalized spacial score (nSPS) is 10.6. The fraction of sp³-hybridized carbons (Fsp3) is 0.200. The summed E-state index contributed by atoms with van der Waals surface area (Å²) >= 11 is 2.28. The van der Waals surface area contributed by atoms with Gasteiger partial charge in [-0.2, -0.15) is 0 Å². The Morgan fingerprint density at radius 2 is 2.38 bits per heavy atom.